The number of ketones is 1. The van der Waals surface area contributed by atoms with Gasteiger partial charge < -0.3 is 0 Å². The highest BCUT2D eigenvalue weighted by atomic mass is 79.9. The molecule has 13 heavy (non-hydrogen) atoms. The molecule has 0 heterocycles. The SMILES string of the molecule is CC(=O)c1cccc(C=CCBr)c1. The smallest absolute Gasteiger partial charge is 0.159 e. The van der Waals surface area contributed by atoms with Crippen LogP contribution in [0.2, 0.25) is 0 Å². The number of hydrogen-bond donors (Lipinski definition) is 0. The van der Waals surface area contributed by atoms with Gasteiger partial charge in [0.15, 0.2) is 5.78 Å². The summed E-state index contributed by atoms with van der Waals surface area (Å²) >= 11 is 3.30. The second kappa shape index (κ2) is 4.97. The topological polar surface area (TPSA) is 17.1 Å². The monoisotopic (exact) mass is 238 g/mol. The molecule has 0 saturated carbocycles. The first-order valence-corrected chi connectivity index (χ1v) is 5.19. The van der Waals surface area contributed by atoms with E-state index in [1.807, 2.05) is 36.4 Å². The molecular formula is C11H11BrO. The van der Waals surface area contributed by atoms with Crippen molar-refractivity contribution in [2.75, 3.05) is 5.33 Å². The largest absolute Gasteiger partial charge is 0.295 e. The number of rotatable bonds is 3. The van der Waals surface area contributed by atoms with E-state index in [2.05, 4.69) is 15.9 Å². The van der Waals surface area contributed by atoms with Gasteiger partial charge in [-0.1, -0.05) is 46.3 Å². The van der Waals surface area contributed by atoms with Gasteiger partial charge in [-0.05, 0) is 18.6 Å². The van der Waals surface area contributed by atoms with E-state index in [-0.39, 0.29) is 5.78 Å². The van der Waals surface area contributed by atoms with Crippen LogP contribution in [0.15, 0.2) is 30.3 Å². The first-order chi connectivity index (χ1) is 6.24. The lowest BCUT2D eigenvalue weighted by atomic mass is 10.1. The van der Waals surface area contributed by atoms with Crippen LogP contribution in [0.4, 0.5) is 0 Å². The van der Waals surface area contributed by atoms with Crippen molar-refractivity contribution in [3.05, 3.63) is 41.5 Å². The Bertz CT molecular complexity index is 329. The van der Waals surface area contributed by atoms with Crippen LogP contribution in [0.25, 0.3) is 6.08 Å². The Kier molecular flexibility index (Phi) is 3.90. The van der Waals surface area contributed by atoms with Crippen molar-refractivity contribution in [2.45, 2.75) is 6.92 Å². The van der Waals surface area contributed by atoms with E-state index >= 15 is 0 Å². The van der Waals surface area contributed by atoms with Crippen molar-refractivity contribution in [3.63, 3.8) is 0 Å². The summed E-state index contributed by atoms with van der Waals surface area (Å²) in [6, 6.07) is 7.59. The number of allylic oxidation sites excluding steroid dienone is 1. The van der Waals surface area contributed by atoms with E-state index in [1.165, 1.54) is 0 Å². The quantitative estimate of drug-likeness (QED) is 0.584. The summed E-state index contributed by atoms with van der Waals surface area (Å²) in [6.45, 7) is 1.58. The minimum atomic E-state index is 0.106. The zero-order valence-electron chi connectivity index (χ0n) is 7.46. The Labute approximate surface area is 86.6 Å². The van der Waals surface area contributed by atoms with Crippen molar-refractivity contribution >= 4 is 27.8 Å². The van der Waals surface area contributed by atoms with E-state index < -0.39 is 0 Å². The van der Waals surface area contributed by atoms with Gasteiger partial charge in [-0.3, -0.25) is 4.79 Å². The van der Waals surface area contributed by atoms with Gasteiger partial charge in [0.25, 0.3) is 0 Å². The molecule has 68 valence electrons. The molecule has 0 saturated heterocycles. The number of halogens is 1. The lowest BCUT2D eigenvalue weighted by Gasteiger charge is -1.96. The van der Waals surface area contributed by atoms with Crippen molar-refractivity contribution < 1.29 is 4.79 Å². The number of hydrogen-bond acceptors (Lipinski definition) is 1. The van der Waals surface area contributed by atoms with Crippen LogP contribution in [0, 0.1) is 0 Å². The molecular weight excluding hydrogens is 228 g/mol. The van der Waals surface area contributed by atoms with Gasteiger partial charge in [-0.2, -0.15) is 0 Å². The molecule has 0 aliphatic heterocycles. The van der Waals surface area contributed by atoms with Crippen LogP contribution in [0.5, 0.6) is 0 Å². The predicted molar refractivity (Wildman–Crippen MR) is 59.3 cm³/mol. The van der Waals surface area contributed by atoms with Gasteiger partial charge in [0, 0.05) is 10.9 Å². The summed E-state index contributed by atoms with van der Waals surface area (Å²) in [7, 11) is 0. The highest BCUT2D eigenvalue weighted by molar-refractivity contribution is 9.09. The number of alkyl halides is 1. The Morgan fingerprint density at radius 2 is 2.31 bits per heavy atom. The third kappa shape index (κ3) is 3.15. The normalized spacial score (nSPS) is 10.6. The summed E-state index contributed by atoms with van der Waals surface area (Å²) in [5, 5.41) is 0.831. The maximum Gasteiger partial charge on any atom is 0.159 e. The second-order valence-corrected chi connectivity index (χ2v) is 3.39. The van der Waals surface area contributed by atoms with Crippen molar-refractivity contribution in [3.8, 4) is 0 Å². The van der Waals surface area contributed by atoms with E-state index in [4.69, 9.17) is 0 Å². The van der Waals surface area contributed by atoms with Crippen LogP contribution >= 0.6 is 15.9 Å². The van der Waals surface area contributed by atoms with E-state index in [0.29, 0.717) is 0 Å². The second-order valence-electron chi connectivity index (χ2n) is 2.74. The highest BCUT2D eigenvalue weighted by Crippen LogP contribution is 2.07. The van der Waals surface area contributed by atoms with Crippen molar-refractivity contribution in [2.24, 2.45) is 0 Å². The van der Waals surface area contributed by atoms with Gasteiger partial charge in [0.1, 0.15) is 0 Å². The third-order valence-electron chi connectivity index (χ3n) is 1.69. The molecule has 0 bridgehead atoms. The number of carbonyl (C=O) groups excluding carboxylic acids is 1. The predicted octanol–water partition coefficient (Wildman–Crippen LogP) is 3.30. The van der Waals surface area contributed by atoms with Crippen LogP contribution < -0.4 is 0 Å². The van der Waals surface area contributed by atoms with E-state index in [9.17, 15) is 4.79 Å². The summed E-state index contributed by atoms with van der Waals surface area (Å²) < 4.78 is 0. The van der Waals surface area contributed by atoms with Crippen LogP contribution in [0.3, 0.4) is 0 Å². The number of Topliss-reactive ketones (excluding diaryl/α,β-unsaturated/α-hetero) is 1. The molecule has 0 N–H and O–H groups in total. The van der Waals surface area contributed by atoms with E-state index in [0.717, 1.165) is 16.5 Å². The zero-order valence-corrected chi connectivity index (χ0v) is 9.04. The first kappa shape index (κ1) is 10.2. The minimum Gasteiger partial charge on any atom is -0.295 e. The molecule has 0 amide bonds. The molecule has 1 aromatic carbocycles. The van der Waals surface area contributed by atoms with Gasteiger partial charge in [-0.25, -0.2) is 0 Å². The van der Waals surface area contributed by atoms with Crippen LogP contribution in [-0.2, 0) is 0 Å². The molecule has 0 radical (unpaired) electrons. The van der Waals surface area contributed by atoms with Gasteiger partial charge in [0.2, 0.25) is 0 Å². The zero-order chi connectivity index (χ0) is 9.68. The number of benzene rings is 1. The molecule has 0 spiro atoms. The van der Waals surface area contributed by atoms with Gasteiger partial charge in [0.05, 0.1) is 0 Å². The van der Waals surface area contributed by atoms with Crippen LogP contribution in [0.1, 0.15) is 22.8 Å². The number of carbonyl (C=O) groups is 1. The average molecular weight is 239 g/mol. The van der Waals surface area contributed by atoms with Crippen molar-refractivity contribution in [1.82, 2.24) is 0 Å². The van der Waals surface area contributed by atoms with Gasteiger partial charge >= 0.3 is 0 Å². The highest BCUT2D eigenvalue weighted by Gasteiger charge is 1.97. The standard InChI is InChI=1S/C11H11BrO/c1-9(13)11-6-2-4-10(8-11)5-3-7-12/h2-6,8H,7H2,1H3. The minimum absolute atomic E-state index is 0.106. The maximum atomic E-state index is 11.0. The molecule has 0 aliphatic rings. The molecule has 0 aliphatic carbocycles. The van der Waals surface area contributed by atoms with Gasteiger partial charge in [-0.15, -0.1) is 0 Å². The summed E-state index contributed by atoms with van der Waals surface area (Å²) in [4.78, 5) is 11.0. The average Bonchev–Trinajstić information content (AvgIpc) is 2.15. The molecule has 0 atom stereocenters. The fourth-order valence-corrected chi connectivity index (χ4v) is 1.23. The summed E-state index contributed by atoms with van der Waals surface area (Å²) in [5.74, 6) is 0.106. The fraction of sp³-hybridized carbons (Fsp3) is 0.182. The third-order valence-corrected chi connectivity index (χ3v) is 2.07. The Hall–Kier alpha value is -0.890. The Morgan fingerprint density at radius 3 is 2.92 bits per heavy atom. The molecule has 0 unspecified atom stereocenters. The molecule has 2 heteroatoms. The summed E-state index contributed by atoms with van der Waals surface area (Å²) in [6.07, 6.45) is 3.99. The Balaban J connectivity index is 2.92. The maximum absolute atomic E-state index is 11.0. The molecule has 1 aromatic rings. The molecule has 1 nitrogen and oxygen atoms in total. The molecule has 0 aromatic heterocycles. The lowest BCUT2D eigenvalue weighted by Crippen LogP contribution is -1.91. The van der Waals surface area contributed by atoms with E-state index in [1.54, 1.807) is 6.92 Å². The lowest BCUT2D eigenvalue weighted by molar-refractivity contribution is 0.101. The molecule has 1 rings (SSSR count). The fourth-order valence-electron chi connectivity index (χ4n) is 1.04. The Morgan fingerprint density at radius 1 is 1.54 bits per heavy atom. The molecule has 0 fully saturated rings. The first-order valence-electron chi connectivity index (χ1n) is 4.07. The van der Waals surface area contributed by atoms with Crippen LogP contribution in [-0.4, -0.2) is 11.1 Å². The van der Waals surface area contributed by atoms with Crippen molar-refractivity contribution in [1.29, 1.82) is 0 Å². The summed E-state index contributed by atoms with van der Waals surface area (Å²) in [5.41, 5.74) is 1.82.